The molecule has 28 heavy (non-hydrogen) atoms. The third-order valence-corrected chi connectivity index (χ3v) is 7.75. The molecule has 0 unspecified atom stereocenters. The van der Waals surface area contributed by atoms with Crippen LogP contribution < -0.4 is 4.72 Å². The Hall–Kier alpha value is -1.57. The fraction of sp³-hybridized carbons (Fsp3) is 0.619. The molecule has 1 aromatic heterocycles. The Morgan fingerprint density at radius 2 is 1.96 bits per heavy atom. The molecule has 4 rings (SSSR count). The molecule has 0 atom stereocenters. The van der Waals surface area contributed by atoms with Gasteiger partial charge >= 0.3 is 10.2 Å². The van der Waals surface area contributed by atoms with Gasteiger partial charge in [0, 0.05) is 62.8 Å². The molecule has 1 fully saturated rings. The molecule has 1 saturated carbocycles. The lowest BCUT2D eigenvalue weighted by molar-refractivity contribution is 0.180. The molecule has 0 amide bonds. The van der Waals surface area contributed by atoms with Crippen LogP contribution in [-0.4, -0.2) is 48.9 Å². The normalized spacial score (nSPS) is 18.9. The summed E-state index contributed by atoms with van der Waals surface area (Å²) in [6.07, 6.45) is 7.51. The van der Waals surface area contributed by atoms with Gasteiger partial charge in [0.05, 0.1) is 5.69 Å². The molecular formula is C21H32N4O2S. The smallest absolute Gasteiger partial charge is 0.301 e. The predicted molar refractivity (Wildman–Crippen MR) is 115 cm³/mol. The van der Waals surface area contributed by atoms with Gasteiger partial charge in [-0.3, -0.25) is 9.62 Å². The maximum Gasteiger partial charge on any atom is 0.301 e. The van der Waals surface area contributed by atoms with Crippen molar-refractivity contribution in [1.82, 2.24) is 13.8 Å². The maximum atomic E-state index is 12.3. The second-order valence-corrected chi connectivity index (χ2v) is 10.2. The van der Waals surface area contributed by atoms with Crippen LogP contribution in [-0.2, 0) is 29.7 Å². The van der Waals surface area contributed by atoms with Crippen LogP contribution in [0.4, 0.5) is 5.69 Å². The summed E-state index contributed by atoms with van der Waals surface area (Å²) >= 11 is 0. The van der Waals surface area contributed by atoms with E-state index in [0.29, 0.717) is 11.7 Å². The number of hydrogen-bond acceptors (Lipinski definition) is 3. The lowest BCUT2D eigenvalue weighted by Crippen LogP contribution is -2.38. The van der Waals surface area contributed by atoms with E-state index in [9.17, 15) is 8.42 Å². The minimum Gasteiger partial charge on any atom is -0.344 e. The molecule has 0 saturated heterocycles. The van der Waals surface area contributed by atoms with Crippen molar-refractivity contribution in [2.45, 2.75) is 64.6 Å². The van der Waals surface area contributed by atoms with Crippen molar-refractivity contribution >= 4 is 26.8 Å². The molecular weight excluding hydrogens is 372 g/mol. The van der Waals surface area contributed by atoms with E-state index in [-0.39, 0.29) is 0 Å². The first-order chi connectivity index (χ1) is 13.4. The molecule has 1 aromatic carbocycles. The zero-order valence-electron chi connectivity index (χ0n) is 17.2. The SMILES string of the molecule is CCCn1c2c(c3cc(NS(=O)(=O)N(C)C)ccc31)CN(C1CCCC1)CC2. The summed E-state index contributed by atoms with van der Waals surface area (Å²) in [5, 5.41) is 1.20. The molecule has 2 aliphatic rings. The first-order valence-corrected chi connectivity index (χ1v) is 11.9. The van der Waals surface area contributed by atoms with Gasteiger partial charge in [0.25, 0.3) is 0 Å². The second-order valence-electron chi connectivity index (χ2n) is 8.36. The fourth-order valence-corrected chi connectivity index (χ4v) is 5.44. The van der Waals surface area contributed by atoms with Gasteiger partial charge in [-0.1, -0.05) is 19.8 Å². The minimum atomic E-state index is -3.50. The molecule has 1 aliphatic heterocycles. The number of fused-ring (bicyclic) bond motifs is 3. The van der Waals surface area contributed by atoms with Gasteiger partial charge in [0.2, 0.25) is 0 Å². The Morgan fingerprint density at radius 3 is 2.64 bits per heavy atom. The molecule has 1 N–H and O–H groups in total. The second kappa shape index (κ2) is 7.69. The van der Waals surface area contributed by atoms with Gasteiger partial charge in [-0.2, -0.15) is 12.7 Å². The highest BCUT2D eigenvalue weighted by Gasteiger charge is 2.29. The number of aromatic nitrogens is 1. The summed E-state index contributed by atoms with van der Waals surface area (Å²) in [6, 6.07) is 6.71. The van der Waals surface area contributed by atoms with Gasteiger partial charge in [-0.15, -0.1) is 0 Å². The van der Waals surface area contributed by atoms with Crippen LogP contribution in [0, 0.1) is 0 Å². The Balaban J connectivity index is 1.74. The van der Waals surface area contributed by atoms with Crippen molar-refractivity contribution in [1.29, 1.82) is 0 Å². The van der Waals surface area contributed by atoms with Crippen molar-refractivity contribution in [3.63, 3.8) is 0 Å². The van der Waals surface area contributed by atoms with Crippen molar-refractivity contribution < 1.29 is 8.42 Å². The monoisotopic (exact) mass is 404 g/mol. The van der Waals surface area contributed by atoms with Crippen molar-refractivity contribution in [3.05, 3.63) is 29.5 Å². The fourth-order valence-electron chi connectivity index (χ4n) is 4.83. The molecule has 2 aromatic rings. The number of rotatable bonds is 6. The third kappa shape index (κ3) is 3.55. The molecule has 6 nitrogen and oxygen atoms in total. The standard InChI is InChI=1S/C21H32N4O2S/c1-4-12-25-20-10-9-16(22-28(26,27)23(2)3)14-18(20)19-15-24(13-11-21(19)25)17-7-5-6-8-17/h9-10,14,17,22H,4-8,11-13,15H2,1-3H3. The van der Waals surface area contributed by atoms with Crippen LogP contribution in [0.25, 0.3) is 10.9 Å². The van der Waals surface area contributed by atoms with Gasteiger partial charge < -0.3 is 4.57 Å². The van der Waals surface area contributed by atoms with Crippen LogP contribution in [0.15, 0.2) is 18.2 Å². The first-order valence-electron chi connectivity index (χ1n) is 10.5. The zero-order valence-corrected chi connectivity index (χ0v) is 18.1. The van der Waals surface area contributed by atoms with Gasteiger partial charge in [-0.25, -0.2) is 0 Å². The van der Waals surface area contributed by atoms with E-state index in [1.54, 1.807) is 14.1 Å². The molecule has 7 heteroatoms. The topological polar surface area (TPSA) is 57.6 Å². The lowest BCUT2D eigenvalue weighted by Gasteiger charge is -2.33. The summed E-state index contributed by atoms with van der Waals surface area (Å²) < 4.78 is 30.9. The van der Waals surface area contributed by atoms with Gasteiger partial charge in [0.15, 0.2) is 0 Å². The quantitative estimate of drug-likeness (QED) is 0.801. The molecule has 1 aliphatic carbocycles. The molecule has 154 valence electrons. The van der Waals surface area contributed by atoms with E-state index in [2.05, 4.69) is 27.2 Å². The van der Waals surface area contributed by atoms with Crippen LogP contribution in [0.1, 0.15) is 50.3 Å². The number of aryl methyl sites for hydroxylation is 1. The molecule has 2 heterocycles. The summed E-state index contributed by atoms with van der Waals surface area (Å²) in [7, 11) is -0.419. The summed E-state index contributed by atoms with van der Waals surface area (Å²) in [5.41, 5.74) is 4.70. The molecule has 0 bridgehead atoms. The van der Waals surface area contributed by atoms with Gasteiger partial charge in [0.1, 0.15) is 0 Å². The molecule has 0 spiro atoms. The van der Waals surface area contributed by atoms with Crippen LogP contribution >= 0.6 is 0 Å². The van der Waals surface area contributed by atoms with E-state index >= 15 is 0 Å². The summed E-state index contributed by atoms with van der Waals surface area (Å²) in [4.78, 5) is 2.65. The Labute approximate surface area is 168 Å². The highest BCUT2D eigenvalue weighted by Crippen LogP contribution is 2.36. The number of nitrogens with zero attached hydrogens (tertiary/aromatic N) is 3. The average molecular weight is 405 g/mol. The largest absolute Gasteiger partial charge is 0.344 e. The number of benzene rings is 1. The Bertz CT molecular complexity index is 958. The van der Waals surface area contributed by atoms with Crippen LogP contribution in [0.2, 0.25) is 0 Å². The van der Waals surface area contributed by atoms with E-state index in [1.165, 1.54) is 52.1 Å². The summed E-state index contributed by atoms with van der Waals surface area (Å²) in [6.45, 7) is 5.35. The predicted octanol–water partition coefficient (Wildman–Crippen LogP) is 3.57. The van der Waals surface area contributed by atoms with E-state index in [1.807, 2.05) is 12.1 Å². The van der Waals surface area contributed by atoms with E-state index in [0.717, 1.165) is 32.5 Å². The van der Waals surface area contributed by atoms with Crippen molar-refractivity contribution in [2.24, 2.45) is 0 Å². The number of hydrogen-bond donors (Lipinski definition) is 1. The first kappa shape index (κ1) is 19.7. The zero-order chi connectivity index (χ0) is 19.9. The Morgan fingerprint density at radius 1 is 1.21 bits per heavy atom. The maximum absolute atomic E-state index is 12.3. The highest BCUT2D eigenvalue weighted by molar-refractivity contribution is 7.90. The number of nitrogens with one attached hydrogen (secondary N) is 1. The van der Waals surface area contributed by atoms with Crippen LogP contribution in [0.3, 0.4) is 0 Å². The van der Waals surface area contributed by atoms with E-state index < -0.39 is 10.2 Å². The van der Waals surface area contributed by atoms with Crippen molar-refractivity contribution in [3.8, 4) is 0 Å². The summed E-state index contributed by atoms with van der Waals surface area (Å²) in [5.74, 6) is 0. The third-order valence-electron chi connectivity index (χ3n) is 6.30. The Kier molecular flexibility index (Phi) is 5.42. The number of anilines is 1. The van der Waals surface area contributed by atoms with Crippen LogP contribution in [0.5, 0.6) is 0 Å². The minimum absolute atomic E-state index is 0.635. The lowest BCUT2D eigenvalue weighted by atomic mass is 10.0. The van der Waals surface area contributed by atoms with Gasteiger partial charge in [-0.05, 0) is 43.0 Å². The van der Waals surface area contributed by atoms with Crippen molar-refractivity contribution in [2.75, 3.05) is 25.4 Å². The highest BCUT2D eigenvalue weighted by atomic mass is 32.2. The van der Waals surface area contributed by atoms with E-state index in [4.69, 9.17) is 0 Å². The average Bonchev–Trinajstić information content (AvgIpc) is 3.29. The molecule has 0 radical (unpaired) electrons.